The van der Waals surface area contributed by atoms with Crippen molar-refractivity contribution in [2.75, 3.05) is 18.4 Å². The SMILES string of the molecule is COc1cc(NS(=O)(=O)N2CCC[C@H](N)[C@@H]2C)nc(SCc2cccc(F)c2F)n1. The van der Waals surface area contributed by atoms with Crippen molar-refractivity contribution >= 4 is 27.8 Å². The average molecular weight is 460 g/mol. The Bertz CT molecular complexity index is 1010. The van der Waals surface area contributed by atoms with Crippen LogP contribution in [-0.2, 0) is 16.0 Å². The molecule has 8 nitrogen and oxygen atoms in total. The molecule has 1 aliphatic rings. The number of methoxy groups -OCH3 is 1. The van der Waals surface area contributed by atoms with E-state index in [1.54, 1.807) is 6.92 Å². The molecule has 3 N–H and O–H groups in total. The molecule has 0 unspecified atom stereocenters. The van der Waals surface area contributed by atoms with Gasteiger partial charge in [0.2, 0.25) is 5.88 Å². The molecule has 2 heterocycles. The predicted octanol–water partition coefficient (Wildman–Crippen LogP) is 2.52. The van der Waals surface area contributed by atoms with E-state index in [1.165, 1.54) is 29.6 Å². The summed E-state index contributed by atoms with van der Waals surface area (Å²) in [5.41, 5.74) is 6.15. The number of thioether (sulfide) groups is 1. The minimum Gasteiger partial charge on any atom is -0.481 e. The maximum atomic E-state index is 13.9. The fourth-order valence-electron chi connectivity index (χ4n) is 3.10. The fraction of sp³-hybridized carbons (Fsp3) is 0.444. The molecule has 1 fully saturated rings. The van der Waals surface area contributed by atoms with Crippen LogP contribution in [0.4, 0.5) is 14.6 Å². The van der Waals surface area contributed by atoms with Crippen LogP contribution in [0.1, 0.15) is 25.3 Å². The van der Waals surface area contributed by atoms with Gasteiger partial charge in [-0.05, 0) is 25.8 Å². The van der Waals surface area contributed by atoms with E-state index < -0.39 is 21.8 Å². The van der Waals surface area contributed by atoms with E-state index in [0.717, 1.165) is 24.2 Å². The van der Waals surface area contributed by atoms with Crippen molar-refractivity contribution in [2.45, 2.75) is 42.8 Å². The molecule has 1 aliphatic heterocycles. The van der Waals surface area contributed by atoms with Gasteiger partial charge in [0.05, 0.1) is 7.11 Å². The molecule has 0 saturated carbocycles. The van der Waals surface area contributed by atoms with Gasteiger partial charge < -0.3 is 10.5 Å². The van der Waals surface area contributed by atoms with Crippen molar-refractivity contribution < 1.29 is 21.9 Å². The highest BCUT2D eigenvalue weighted by molar-refractivity contribution is 7.98. The molecule has 2 aromatic rings. The lowest BCUT2D eigenvalue weighted by atomic mass is 10.0. The summed E-state index contributed by atoms with van der Waals surface area (Å²) in [6.45, 7) is 2.12. The zero-order valence-electron chi connectivity index (χ0n) is 16.5. The van der Waals surface area contributed by atoms with Crippen molar-refractivity contribution in [3.8, 4) is 5.88 Å². The molecule has 3 rings (SSSR count). The number of anilines is 1. The third-order valence-electron chi connectivity index (χ3n) is 4.81. The molecule has 0 spiro atoms. The number of piperidine rings is 1. The Balaban J connectivity index is 1.79. The number of benzene rings is 1. The fourth-order valence-corrected chi connectivity index (χ4v) is 5.37. The second kappa shape index (κ2) is 9.41. The monoisotopic (exact) mass is 459 g/mol. The Kier molecular flexibility index (Phi) is 7.11. The van der Waals surface area contributed by atoms with Crippen LogP contribution in [0.25, 0.3) is 0 Å². The molecule has 12 heteroatoms. The van der Waals surface area contributed by atoms with Gasteiger partial charge in [-0.1, -0.05) is 23.9 Å². The lowest BCUT2D eigenvalue weighted by molar-refractivity contribution is 0.239. The lowest BCUT2D eigenvalue weighted by Crippen LogP contribution is -2.54. The molecular formula is C18H23F2N5O3S2. The summed E-state index contributed by atoms with van der Waals surface area (Å²) in [7, 11) is -2.52. The largest absolute Gasteiger partial charge is 0.481 e. The summed E-state index contributed by atoms with van der Waals surface area (Å²) in [6.07, 6.45) is 1.42. The number of halogens is 2. The van der Waals surface area contributed by atoms with Crippen LogP contribution >= 0.6 is 11.8 Å². The standard InChI is InChI=1S/C18H23F2N5O3S2/c1-11-14(21)7-4-8-25(11)30(26,27)24-15-9-16(28-2)23-18(22-15)29-10-12-5-3-6-13(19)17(12)20/h3,5-6,9,11,14H,4,7-8,10,21H2,1-2H3,(H,22,23,24)/t11-,14-/m0/s1. The van der Waals surface area contributed by atoms with Crippen molar-refractivity contribution in [3.63, 3.8) is 0 Å². The normalized spacial score (nSPS) is 20.2. The molecule has 2 atom stereocenters. The Morgan fingerprint density at radius 3 is 2.87 bits per heavy atom. The smallest absolute Gasteiger partial charge is 0.303 e. The minimum atomic E-state index is -3.90. The Morgan fingerprint density at radius 2 is 2.13 bits per heavy atom. The molecule has 30 heavy (non-hydrogen) atoms. The highest BCUT2D eigenvalue weighted by Crippen LogP contribution is 2.27. The first kappa shape index (κ1) is 22.7. The number of hydrogen-bond acceptors (Lipinski definition) is 7. The van der Waals surface area contributed by atoms with Crippen LogP contribution in [-0.4, -0.2) is 48.4 Å². The van der Waals surface area contributed by atoms with Crippen LogP contribution in [0.5, 0.6) is 5.88 Å². The third kappa shape index (κ3) is 5.17. The van der Waals surface area contributed by atoms with Crippen LogP contribution in [0.15, 0.2) is 29.4 Å². The van der Waals surface area contributed by atoms with E-state index in [9.17, 15) is 17.2 Å². The Hall–Kier alpha value is -2.02. The van der Waals surface area contributed by atoms with Crippen LogP contribution in [0.3, 0.4) is 0 Å². The topological polar surface area (TPSA) is 110 Å². The highest BCUT2D eigenvalue weighted by atomic mass is 32.2. The number of nitrogens with one attached hydrogen (secondary N) is 1. The minimum absolute atomic E-state index is 0.00964. The molecular weight excluding hydrogens is 436 g/mol. The maximum absolute atomic E-state index is 13.9. The van der Waals surface area contributed by atoms with E-state index in [1.807, 2.05) is 0 Å². The number of rotatable bonds is 7. The molecule has 1 aromatic heterocycles. The number of aromatic nitrogens is 2. The van der Waals surface area contributed by atoms with Gasteiger partial charge in [-0.2, -0.15) is 17.7 Å². The van der Waals surface area contributed by atoms with Crippen molar-refractivity contribution in [3.05, 3.63) is 41.5 Å². The first-order valence-electron chi connectivity index (χ1n) is 9.25. The third-order valence-corrected chi connectivity index (χ3v) is 7.31. The summed E-state index contributed by atoms with van der Waals surface area (Å²) < 4.78 is 61.8. The summed E-state index contributed by atoms with van der Waals surface area (Å²) in [5, 5.41) is 0.152. The lowest BCUT2D eigenvalue weighted by Gasteiger charge is -2.36. The first-order valence-corrected chi connectivity index (χ1v) is 11.7. The van der Waals surface area contributed by atoms with Gasteiger partial charge in [-0.3, -0.25) is 4.72 Å². The quantitative estimate of drug-likeness (QED) is 0.484. The number of nitrogens with zero attached hydrogens (tertiary/aromatic N) is 3. The second-order valence-electron chi connectivity index (χ2n) is 6.84. The second-order valence-corrected chi connectivity index (χ2v) is 9.41. The summed E-state index contributed by atoms with van der Waals surface area (Å²) in [4.78, 5) is 8.31. The summed E-state index contributed by atoms with van der Waals surface area (Å²) in [6, 6.07) is 4.64. The first-order chi connectivity index (χ1) is 14.2. The van der Waals surface area contributed by atoms with Gasteiger partial charge in [0.15, 0.2) is 16.8 Å². The molecule has 0 bridgehead atoms. The van der Waals surface area contributed by atoms with E-state index in [4.69, 9.17) is 10.5 Å². The van der Waals surface area contributed by atoms with Gasteiger partial charge in [0, 0.05) is 36.0 Å². The molecule has 1 saturated heterocycles. The van der Waals surface area contributed by atoms with Gasteiger partial charge in [-0.15, -0.1) is 0 Å². The zero-order chi connectivity index (χ0) is 21.9. The Morgan fingerprint density at radius 1 is 1.37 bits per heavy atom. The maximum Gasteiger partial charge on any atom is 0.303 e. The van der Waals surface area contributed by atoms with Crippen molar-refractivity contribution in [2.24, 2.45) is 5.73 Å². The number of ether oxygens (including phenoxy) is 1. The zero-order valence-corrected chi connectivity index (χ0v) is 18.1. The van der Waals surface area contributed by atoms with Gasteiger partial charge >= 0.3 is 10.2 Å². The average Bonchev–Trinajstić information content (AvgIpc) is 2.70. The van der Waals surface area contributed by atoms with Gasteiger partial charge in [-0.25, -0.2) is 13.8 Å². The van der Waals surface area contributed by atoms with E-state index in [0.29, 0.717) is 13.0 Å². The van der Waals surface area contributed by atoms with Crippen LogP contribution in [0.2, 0.25) is 0 Å². The summed E-state index contributed by atoms with van der Waals surface area (Å²) >= 11 is 1.03. The van der Waals surface area contributed by atoms with Gasteiger partial charge in [0.25, 0.3) is 0 Å². The van der Waals surface area contributed by atoms with E-state index in [-0.39, 0.29) is 40.3 Å². The van der Waals surface area contributed by atoms with Gasteiger partial charge in [0.1, 0.15) is 5.82 Å². The molecule has 0 amide bonds. The van der Waals surface area contributed by atoms with Crippen molar-refractivity contribution in [1.29, 1.82) is 0 Å². The van der Waals surface area contributed by atoms with Crippen LogP contribution < -0.4 is 15.2 Å². The highest BCUT2D eigenvalue weighted by Gasteiger charge is 2.34. The molecule has 0 aliphatic carbocycles. The number of hydrogen-bond donors (Lipinski definition) is 2. The molecule has 0 radical (unpaired) electrons. The number of nitrogens with two attached hydrogens (primary N) is 1. The molecule has 1 aromatic carbocycles. The predicted molar refractivity (Wildman–Crippen MR) is 110 cm³/mol. The van der Waals surface area contributed by atoms with Crippen molar-refractivity contribution in [1.82, 2.24) is 14.3 Å². The van der Waals surface area contributed by atoms with E-state index in [2.05, 4.69) is 14.7 Å². The summed E-state index contributed by atoms with van der Waals surface area (Å²) in [5.74, 6) is -1.68. The van der Waals surface area contributed by atoms with Crippen LogP contribution in [0, 0.1) is 11.6 Å². The Labute approximate surface area is 178 Å². The molecule has 164 valence electrons. The van der Waals surface area contributed by atoms with E-state index >= 15 is 0 Å².